The molecule has 47 heavy (non-hydrogen) atoms. The minimum Gasteiger partial charge on any atom is -0.358 e. The quantitative estimate of drug-likeness (QED) is 0.197. The van der Waals surface area contributed by atoms with Gasteiger partial charge in [-0.15, -0.1) is 18.3 Å². The predicted octanol–water partition coefficient (Wildman–Crippen LogP) is 11.4. The van der Waals surface area contributed by atoms with E-state index in [1.54, 1.807) is 0 Å². The van der Waals surface area contributed by atoms with E-state index in [0.717, 1.165) is 65.0 Å². The predicted molar refractivity (Wildman–Crippen MR) is 199 cm³/mol. The van der Waals surface area contributed by atoms with Crippen LogP contribution < -0.4 is 5.32 Å². The van der Waals surface area contributed by atoms with Gasteiger partial charge in [-0.1, -0.05) is 98.0 Å². The largest absolute Gasteiger partial charge is 0.358 e. The van der Waals surface area contributed by atoms with E-state index >= 15 is 0 Å². The van der Waals surface area contributed by atoms with Gasteiger partial charge in [0.25, 0.3) is 0 Å². The Kier molecular flexibility index (Phi) is 8.91. The number of hydrogen-bond acceptors (Lipinski definition) is 4. The normalized spacial score (nSPS) is 18.8. The van der Waals surface area contributed by atoms with Crippen LogP contribution in [0.25, 0.3) is 33.6 Å². The van der Waals surface area contributed by atoms with Crippen LogP contribution in [0.1, 0.15) is 38.2 Å². The Bertz CT molecular complexity index is 2040. The van der Waals surface area contributed by atoms with Crippen molar-refractivity contribution in [3.63, 3.8) is 0 Å². The zero-order valence-electron chi connectivity index (χ0n) is 26.6. The Balaban J connectivity index is 1.34. The molecule has 3 aliphatic rings. The summed E-state index contributed by atoms with van der Waals surface area (Å²) in [6, 6.07) is 33.2. The highest BCUT2D eigenvalue weighted by Crippen LogP contribution is 2.51. The van der Waals surface area contributed by atoms with Gasteiger partial charge in [-0.25, -0.2) is 4.98 Å². The van der Waals surface area contributed by atoms with Crippen LogP contribution in [0.3, 0.4) is 0 Å². The van der Waals surface area contributed by atoms with Crippen LogP contribution >= 0.6 is 11.8 Å². The van der Waals surface area contributed by atoms with Gasteiger partial charge in [0.05, 0.1) is 23.0 Å². The van der Waals surface area contributed by atoms with Crippen LogP contribution in [0.15, 0.2) is 161 Å². The molecule has 0 amide bonds. The van der Waals surface area contributed by atoms with Crippen molar-refractivity contribution in [2.45, 2.75) is 37.9 Å². The van der Waals surface area contributed by atoms with Crippen LogP contribution in [-0.2, 0) is 0 Å². The summed E-state index contributed by atoms with van der Waals surface area (Å²) < 4.78 is 0. The molecule has 2 unspecified atom stereocenters. The van der Waals surface area contributed by atoms with Crippen molar-refractivity contribution in [3.8, 4) is 39.7 Å². The number of nitrogens with one attached hydrogen (secondary N) is 1. The third kappa shape index (κ3) is 6.20. The van der Waals surface area contributed by atoms with Crippen molar-refractivity contribution < 1.29 is 0 Å². The van der Waals surface area contributed by atoms with Crippen LogP contribution in [-0.4, -0.2) is 10.2 Å². The first kappa shape index (κ1) is 30.5. The second-order valence-electron chi connectivity index (χ2n) is 12.1. The van der Waals surface area contributed by atoms with Gasteiger partial charge < -0.3 is 5.32 Å². The highest BCUT2D eigenvalue weighted by Gasteiger charge is 2.35. The van der Waals surface area contributed by atoms with E-state index in [1.165, 1.54) is 27.3 Å². The Morgan fingerprint density at radius 3 is 2.53 bits per heavy atom. The first-order valence-electron chi connectivity index (χ1n) is 16.4. The third-order valence-corrected chi connectivity index (χ3v) is 10.8. The van der Waals surface area contributed by atoms with Crippen molar-refractivity contribution in [1.82, 2.24) is 4.98 Å². The summed E-state index contributed by atoms with van der Waals surface area (Å²) in [5.41, 5.74) is 12.7. The number of nitrogens with zero attached hydrogens (tertiary/aromatic N) is 2. The van der Waals surface area contributed by atoms with Gasteiger partial charge in [0.15, 0.2) is 0 Å². The number of pyridine rings is 1. The molecule has 1 aromatic heterocycles. The molecule has 0 radical (unpaired) electrons. The lowest BCUT2D eigenvalue weighted by molar-refractivity contribution is 0.680. The molecule has 0 fully saturated rings. The zero-order valence-corrected chi connectivity index (χ0v) is 27.4. The van der Waals surface area contributed by atoms with E-state index < -0.39 is 0 Å². The fourth-order valence-corrected chi connectivity index (χ4v) is 8.41. The summed E-state index contributed by atoms with van der Waals surface area (Å²) in [4.78, 5) is 6.50. The monoisotopic (exact) mass is 627 g/mol. The fraction of sp³-hybridized carbons (Fsp3) is 0.163. The van der Waals surface area contributed by atoms with Crippen molar-refractivity contribution in [1.29, 1.82) is 5.26 Å². The Morgan fingerprint density at radius 2 is 1.72 bits per heavy atom. The van der Waals surface area contributed by atoms with Crippen molar-refractivity contribution in [2.24, 2.45) is 5.92 Å². The number of anilines is 1. The van der Waals surface area contributed by atoms with Gasteiger partial charge in [-0.3, -0.25) is 0 Å². The molecule has 0 spiro atoms. The lowest BCUT2D eigenvalue weighted by Gasteiger charge is -2.22. The van der Waals surface area contributed by atoms with E-state index in [2.05, 4.69) is 110 Å². The Labute approximate surface area is 282 Å². The summed E-state index contributed by atoms with van der Waals surface area (Å²) in [5, 5.41) is 14.4. The molecular weight excluding hydrogens is 591 g/mol. The Hall–Kier alpha value is -5.11. The third-order valence-electron chi connectivity index (χ3n) is 9.16. The number of allylic oxidation sites excluding steroid dienone is 10. The summed E-state index contributed by atoms with van der Waals surface area (Å²) in [6.45, 7) is 6.50. The molecule has 0 saturated heterocycles. The maximum atomic E-state index is 9.99. The lowest BCUT2D eigenvalue weighted by Crippen LogP contribution is -2.10. The van der Waals surface area contributed by atoms with E-state index in [0.29, 0.717) is 16.7 Å². The average molecular weight is 628 g/mol. The highest BCUT2D eigenvalue weighted by atomic mass is 32.2. The van der Waals surface area contributed by atoms with Crippen molar-refractivity contribution >= 4 is 17.4 Å². The minimum absolute atomic E-state index is 0.398. The van der Waals surface area contributed by atoms with E-state index in [-0.39, 0.29) is 0 Å². The Morgan fingerprint density at radius 1 is 0.936 bits per heavy atom. The van der Waals surface area contributed by atoms with Crippen molar-refractivity contribution in [2.75, 3.05) is 5.32 Å². The van der Waals surface area contributed by atoms with Crippen LogP contribution in [0.4, 0.5) is 5.69 Å². The van der Waals surface area contributed by atoms with Gasteiger partial charge >= 0.3 is 0 Å². The standard InChI is InChI=1S/C43H37N3S/c1-3-34-37-20-10-11-21-38(43(37)47-42(34)4-2)36-19-12-13-22-41(36)45-33-26-31(35-18-9-8-17-30(35)28-44)25-32(27-33)40-24-14-23-39(46-40)29-15-6-5-7-16-29/h3,5-12,14-19,21,23-27,34,42,45H,1,4,13,20,22H2,2H3. The first-order valence-corrected chi connectivity index (χ1v) is 17.3. The van der Waals surface area contributed by atoms with E-state index in [9.17, 15) is 5.26 Å². The van der Waals surface area contributed by atoms with Gasteiger partial charge in [0.1, 0.15) is 0 Å². The number of nitriles is 1. The summed E-state index contributed by atoms with van der Waals surface area (Å²) in [7, 11) is 0. The molecular formula is C43H37N3S. The van der Waals surface area contributed by atoms with Gasteiger partial charge in [0.2, 0.25) is 0 Å². The molecule has 0 saturated carbocycles. The van der Waals surface area contributed by atoms with E-state index in [4.69, 9.17) is 4.98 Å². The smallest absolute Gasteiger partial charge is 0.0998 e. The average Bonchev–Trinajstić information content (AvgIpc) is 3.36. The number of aromatic nitrogens is 1. The SMILES string of the molecule is C=CC1C2=C(SC1CC)C(C1=C(Nc3cc(-c4cccc(-c5ccccc5)n4)cc(-c4ccccc4C#N)c3)CCC=C1)=CC=CC2. The molecule has 4 aromatic rings. The number of rotatable bonds is 8. The molecule has 0 bridgehead atoms. The van der Waals surface area contributed by atoms with Gasteiger partial charge in [-0.05, 0) is 84.4 Å². The number of thioether (sulfide) groups is 1. The van der Waals surface area contributed by atoms with Crippen LogP contribution in [0, 0.1) is 17.2 Å². The van der Waals surface area contributed by atoms with Gasteiger partial charge in [-0.2, -0.15) is 5.26 Å². The van der Waals surface area contributed by atoms with Crippen molar-refractivity contribution in [3.05, 3.63) is 167 Å². The molecule has 2 atom stereocenters. The fourth-order valence-electron chi connectivity index (χ4n) is 6.84. The summed E-state index contributed by atoms with van der Waals surface area (Å²) >= 11 is 2.02. The highest BCUT2D eigenvalue weighted by molar-refractivity contribution is 8.04. The second kappa shape index (κ2) is 13.7. The molecule has 2 aliphatic carbocycles. The topological polar surface area (TPSA) is 48.7 Å². The molecule has 7 rings (SSSR count). The zero-order chi connectivity index (χ0) is 32.2. The maximum absolute atomic E-state index is 9.99. The molecule has 2 heterocycles. The molecule has 3 nitrogen and oxygen atoms in total. The summed E-state index contributed by atoms with van der Waals surface area (Å²) in [5.74, 6) is 0.398. The molecule has 4 heteroatoms. The molecule has 1 aliphatic heterocycles. The lowest BCUT2D eigenvalue weighted by atomic mass is 9.88. The van der Waals surface area contributed by atoms with E-state index in [1.807, 2.05) is 54.2 Å². The number of benzene rings is 3. The molecule has 1 N–H and O–H groups in total. The maximum Gasteiger partial charge on any atom is 0.0998 e. The summed E-state index contributed by atoms with van der Waals surface area (Å²) in [6.07, 6.45) is 17.5. The minimum atomic E-state index is 0.398. The van der Waals surface area contributed by atoms with Crippen LogP contribution in [0.2, 0.25) is 0 Å². The number of hydrogen-bond donors (Lipinski definition) is 1. The molecule has 3 aromatic carbocycles. The molecule has 230 valence electrons. The first-order chi connectivity index (χ1) is 23.2. The van der Waals surface area contributed by atoms with Crippen LogP contribution in [0.5, 0.6) is 0 Å². The second-order valence-corrected chi connectivity index (χ2v) is 13.3. The van der Waals surface area contributed by atoms with Gasteiger partial charge in [0, 0.05) is 44.2 Å².